The van der Waals surface area contributed by atoms with Crippen LogP contribution in [0.25, 0.3) is 10.9 Å². The molecule has 0 bridgehead atoms. The Hall–Kier alpha value is -4.93. The maximum absolute atomic E-state index is 14.1. The van der Waals surface area contributed by atoms with Gasteiger partial charge in [0.2, 0.25) is 11.8 Å². The van der Waals surface area contributed by atoms with Crippen LogP contribution < -0.4 is 15.0 Å². The number of aliphatic hydroxyl groups is 2. The minimum absolute atomic E-state index is 0.0607. The van der Waals surface area contributed by atoms with Crippen LogP contribution in [0, 0.1) is 5.92 Å². The monoisotopic (exact) mass is 636 g/mol. The number of aromatic amines is 1. The second kappa shape index (κ2) is 13.4. The number of fused-ring (bicyclic) bond motifs is 2. The van der Waals surface area contributed by atoms with E-state index in [0.29, 0.717) is 29.2 Å². The SMILES string of the molecule is COc1ccc2c(c1)[C@](O)([C@@H](C)/C=C/CC(=O)N1CCC[C@H]1CO)C(=O)N2Cc1cccc(NC(=O)Cc2c[nH]c3ccccc23)c1. The lowest BCUT2D eigenvalue weighted by Crippen LogP contribution is -2.44. The smallest absolute Gasteiger partial charge is 0.264 e. The lowest BCUT2D eigenvalue weighted by molar-refractivity contribution is -0.139. The van der Waals surface area contributed by atoms with Crippen LogP contribution in [0.1, 0.15) is 42.9 Å². The summed E-state index contributed by atoms with van der Waals surface area (Å²) in [6.07, 6.45) is 7.20. The fourth-order valence-corrected chi connectivity index (χ4v) is 6.78. The third-order valence-corrected chi connectivity index (χ3v) is 9.34. The number of likely N-dealkylation sites (tertiary alicyclic amines) is 1. The molecular weight excluding hydrogens is 596 g/mol. The van der Waals surface area contributed by atoms with Crippen LogP contribution in [-0.4, -0.2) is 64.1 Å². The molecule has 2 aliphatic rings. The molecule has 3 amide bonds. The van der Waals surface area contributed by atoms with E-state index >= 15 is 0 Å². The number of hydrogen-bond acceptors (Lipinski definition) is 6. The van der Waals surface area contributed by atoms with E-state index in [1.54, 1.807) is 53.1 Å². The number of nitrogens with one attached hydrogen (secondary N) is 2. The average molecular weight is 637 g/mol. The number of aromatic nitrogens is 1. The first-order valence-corrected chi connectivity index (χ1v) is 16.0. The van der Waals surface area contributed by atoms with E-state index in [9.17, 15) is 24.6 Å². The van der Waals surface area contributed by atoms with Crippen LogP contribution in [0.3, 0.4) is 0 Å². The van der Waals surface area contributed by atoms with Crippen molar-refractivity contribution in [1.82, 2.24) is 9.88 Å². The van der Waals surface area contributed by atoms with E-state index in [4.69, 9.17) is 4.74 Å². The minimum atomic E-state index is -1.89. The Bertz CT molecular complexity index is 1830. The lowest BCUT2D eigenvalue weighted by atomic mass is 9.83. The second-order valence-corrected chi connectivity index (χ2v) is 12.3. The molecule has 2 aliphatic heterocycles. The van der Waals surface area contributed by atoms with Crippen molar-refractivity contribution in [3.63, 3.8) is 0 Å². The van der Waals surface area contributed by atoms with Gasteiger partial charge in [0, 0.05) is 47.2 Å². The average Bonchev–Trinajstić information content (AvgIpc) is 3.78. The van der Waals surface area contributed by atoms with E-state index in [0.717, 1.165) is 34.9 Å². The van der Waals surface area contributed by atoms with Crippen molar-refractivity contribution in [3.8, 4) is 5.75 Å². The van der Waals surface area contributed by atoms with Crippen molar-refractivity contribution in [2.24, 2.45) is 5.92 Å². The van der Waals surface area contributed by atoms with Crippen LogP contribution in [0.4, 0.5) is 11.4 Å². The maximum Gasteiger partial charge on any atom is 0.264 e. The summed E-state index contributed by atoms with van der Waals surface area (Å²) in [5.41, 5.74) is 2.34. The molecule has 47 heavy (non-hydrogen) atoms. The number of benzene rings is 3. The summed E-state index contributed by atoms with van der Waals surface area (Å²) in [6.45, 7) is 2.47. The van der Waals surface area contributed by atoms with Gasteiger partial charge >= 0.3 is 0 Å². The molecule has 3 heterocycles. The first-order chi connectivity index (χ1) is 22.7. The molecule has 1 saturated heterocycles. The first-order valence-electron chi connectivity index (χ1n) is 16.0. The summed E-state index contributed by atoms with van der Waals surface area (Å²) < 4.78 is 5.43. The van der Waals surface area contributed by atoms with Gasteiger partial charge in [-0.2, -0.15) is 0 Å². The third kappa shape index (κ3) is 6.26. The number of anilines is 2. The molecule has 0 radical (unpaired) electrons. The Kier molecular flexibility index (Phi) is 9.15. The van der Waals surface area contributed by atoms with Crippen molar-refractivity contribution in [1.29, 1.82) is 0 Å². The van der Waals surface area contributed by atoms with Crippen molar-refractivity contribution < 1.29 is 29.3 Å². The number of carbonyl (C=O) groups excluding carboxylic acids is 3. The van der Waals surface area contributed by atoms with Crippen LogP contribution >= 0.6 is 0 Å². The Morgan fingerprint density at radius 3 is 2.79 bits per heavy atom. The molecule has 244 valence electrons. The number of amides is 3. The highest BCUT2D eigenvalue weighted by Crippen LogP contribution is 2.47. The largest absolute Gasteiger partial charge is 0.497 e. The zero-order chi connectivity index (χ0) is 33.1. The Balaban J connectivity index is 1.18. The minimum Gasteiger partial charge on any atom is -0.497 e. The molecule has 0 unspecified atom stereocenters. The number of aliphatic hydroxyl groups excluding tert-OH is 1. The molecule has 1 aromatic heterocycles. The molecule has 6 rings (SSSR count). The standard InChI is InChI=1S/C37H40N4O6/c1-24(8-5-14-35(44)40-17-7-11-28(40)23-42)37(46)31-20-29(47-2)15-16-33(31)41(36(37)45)22-25-9-6-10-27(18-25)39-34(43)19-26-21-38-32-13-4-3-12-30(26)32/h3-6,8-10,12-13,15-16,18,20-21,24,28,38,42,46H,7,11,14,17,19,22-23H2,1-2H3,(H,39,43)/b8-5+/t24-,28-,37+/m0/s1. The number of rotatable bonds is 11. The van der Waals surface area contributed by atoms with Gasteiger partial charge in [-0.1, -0.05) is 49.4 Å². The zero-order valence-corrected chi connectivity index (χ0v) is 26.6. The van der Waals surface area contributed by atoms with Crippen LogP contribution in [0.15, 0.2) is 85.1 Å². The number of nitrogens with zero attached hydrogens (tertiary/aromatic N) is 2. The van der Waals surface area contributed by atoms with Gasteiger partial charge in [-0.3, -0.25) is 14.4 Å². The topological polar surface area (TPSA) is 135 Å². The predicted octanol–water partition coefficient (Wildman–Crippen LogP) is 4.66. The quantitative estimate of drug-likeness (QED) is 0.177. The molecule has 0 saturated carbocycles. The number of hydrogen-bond donors (Lipinski definition) is 4. The summed E-state index contributed by atoms with van der Waals surface area (Å²) >= 11 is 0. The Morgan fingerprint density at radius 2 is 1.98 bits per heavy atom. The zero-order valence-electron chi connectivity index (χ0n) is 26.6. The van der Waals surface area contributed by atoms with E-state index in [-0.39, 0.29) is 43.8 Å². The van der Waals surface area contributed by atoms with Gasteiger partial charge in [0.05, 0.1) is 38.4 Å². The van der Waals surface area contributed by atoms with E-state index < -0.39 is 17.4 Å². The molecule has 10 heteroatoms. The first kappa shape index (κ1) is 32.0. The van der Waals surface area contributed by atoms with Crippen molar-refractivity contribution in [2.75, 3.05) is 30.5 Å². The highest BCUT2D eigenvalue weighted by atomic mass is 16.5. The van der Waals surface area contributed by atoms with Gasteiger partial charge in [-0.05, 0) is 60.4 Å². The Labute approximate surface area is 273 Å². The summed E-state index contributed by atoms with van der Waals surface area (Å²) in [7, 11) is 1.53. The molecular formula is C37H40N4O6. The van der Waals surface area contributed by atoms with Crippen molar-refractivity contribution in [3.05, 3.63) is 102 Å². The molecule has 4 N–H and O–H groups in total. The highest BCUT2D eigenvalue weighted by Gasteiger charge is 2.52. The van der Waals surface area contributed by atoms with Gasteiger partial charge < -0.3 is 35.1 Å². The van der Waals surface area contributed by atoms with Crippen molar-refractivity contribution >= 4 is 40.0 Å². The summed E-state index contributed by atoms with van der Waals surface area (Å²) in [5, 5.41) is 25.7. The van der Waals surface area contributed by atoms with Gasteiger partial charge in [0.1, 0.15) is 5.75 Å². The summed E-state index contributed by atoms with van der Waals surface area (Å²) in [6, 6.07) is 20.2. The molecule has 4 aromatic rings. The number of para-hydroxylation sites is 1. The summed E-state index contributed by atoms with van der Waals surface area (Å²) in [5.74, 6) is -0.899. The fraction of sp³-hybridized carbons (Fsp3) is 0.324. The lowest BCUT2D eigenvalue weighted by Gasteiger charge is -2.28. The van der Waals surface area contributed by atoms with Crippen molar-refractivity contribution in [2.45, 2.75) is 50.8 Å². The number of ether oxygens (including phenoxy) is 1. The van der Waals surface area contributed by atoms with Crippen LogP contribution in [-0.2, 0) is 33.0 Å². The van der Waals surface area contributed by atoms with E-state index in [1.165, 1.54) is 7.11 Å². The maximum atomic E-state index is 14.1. The molecule has 3 atom stereocenters. The molecule has 3 aromatic carbocycles. The molecule has 1 fully saturated rings. The van der Waals surface area contributed by atoms with Gasteiger partial charge in [0.25, 0.3) is 5.91 Å². The predicted molar refractivity (Wildman–Crippen MR) is 180 cm³/mol. The van der Waals surface area contributed by atoms with E-state index in [1.807, 2.05) is 48.7 Å². The molecule has 0 spiro atoms. The third-order valence-electron chi connectivity index (χ3n) is 9.34. The Morgan fingerprint density at radius 1 is 1.15 bits per heavy atom. The second-order valence-electron chi connectivity index (χ2n) is 12.3. The highest BCUT2D eigenvalue weighted by molar-refractivity contribution is 6.07. The number of carbonyl (C=O) groups is 3. The van der Waals surface area contributed by atoms with Gasteiger partial charge in [0.15, 0.2) is 5.60 Å². The van der Waals surface area contributed by atoms with Crippen LogP contribution in [0.2, 0.25) is 0 Å². The normalized spacial score (nSPS) is 19.8. The van der Waals surface area contributed by atoms with Gasteiger partial charge in [-0.25, -0.2) is 0 Å². The summed E-state index contributed by atoms with van der Waals surface area (Å²) in [4.78, 5) is 46.3. The number of methoxy groups -OCH3 is 1. The van der Waals surface area contributed by atoms with Crippen LogP contribution in [0.5, 0.6) is 5.75 Å². The number of H-pyrrole nitrogens is 1. The van der Waals surface area contributed by atoms with E-state index in [2.05, 4.69) is 10.3 Å². The fourth-order valence-electron chi connectivity index (χ4n) is 6.78. The molecule has 10 nitrogen and oxygen atoms in total. The van der Waals surface area contributed by atoms with Gasteiger partial charge in [-0.15, -0.1) is 0 Å². The molecule has 0 aliphatic carbocycles.